The van der Waals surface area contributed by atoms with Crippen molar-refractivity contribution in [2.75, 3.05) is 26.2 Å². The third-order valence-corrected chi connectivity index (χ3v) is 15.0. The van der Waals surface area contributed by atoms with Crippen molar-refractivity contribution in [2.24, 2.45) is 56.0 Å². The number of amides is 1. The Morgan fingerprint density at radius 1 is 0.867 bits per heavy atom. The number of allylic oxidation sites excluding steroid dienone is 2. The highest BCUT2D eigenvalue weighted by molar-refractivity contribution is 5.84. The molecule has 5 rings (SSSR count). The molecule has 5 aliphatic rings. The number of nitrogens with two attached hydrogens (primary N) is 1. The number of esters is 1. The number of carbonyl (C=O) groups excluding carboxylic acids is 2. The summed E-state index contributed by atoms with van der Waals surface area (Å²) in [6, 6.07) is 0. The lowest BCUT2D eigenvalue weighted by Crippen LogP contribution is -2.65. The quantitative estimate of drug-likeness (QED) is 0.132. The minimum atomic E-state index is -0.269. The van der Waals surface area contributed by atoms with Crippen LogP contribution in [0.4, 0.5) is 0 Å². The first-order valence-corrected chi connectivity index (χ1v) is 18.6. The molecule has 8 atom stereocenters. The van der Waals surface area contributed by atoms with Crippen molar-refractivity contribution < 1.29 is 14.3 Å². The van der Waals surface area contributed by atoms with Crippen LogP contribution in [0.2, 0.25) is 0 Å². The Hall–Kier alpha value is -1.40. The largest absolute Gasteiger partial charge is 0.462 e. The summed E-state index contributed by atoms with van der Waals surface area (Å²) in [5.41, 5.74) is 7.72. The van der Waals surface area contributed by atoms with Crippen molar-refractivity contribution in [3.8, 4) is 0 Å². The fourth-order valence-electron chi connectivity index (χ4n) is 12.1. The fourth-order valence-corrected chi connectivity index (χ4v) is 12.1. The smallest absolute Gasteiger partial charge is 0.302 e. The van der Waals surface area contributed by atoms with E-state index in [9.17, 15) is 9.59 Å². The van der Waals surface area contributed by atoms with Gasteiger partial charge in [-0.05, 0) is 143 Å². The van der Waals surface area contributed by atoms with E-state index in [1.54, 1.807) is 12.5 Å². The first-order chi connectivity index (χ1) is 21.1. The molecule has 0 saturated heterocycles. The van der Waals surface area contributed by atoms with E-state index in [0.717, 1.165) is 96.8 Å². The standard InChI is InChI=1S/C39H67N3O3/c1-27(43)45-32-15-16-36(6)30(35(32,4)5)14-17-38(8)31(36)13-12-28-29-26-34(2,3)18-20-39(29,21-19-37(28,38)7)33(44)42-25-10-9-23-41-24-11-22-40/h12,29-32,41H,9-11,13-26,40H2,1-8H3,(H,42,44)/t29-,30-,31+,32-,36-,37+,38+,39-/m0/s1. The van der Waals surface area contributed by atoms with Crippen molar-refractivity contribution in [2.45, 2.75) is 145 Å². The Bertz CT molecular complexity index is 1150. The Morgan fingerprint density at radius 2 is 1.56 bits per heavy atom. The second kappa shape index (κ2) is 12.6. The lowest BCUT2D eigenvalue weighted by Gasteiger charge is -2.71. The minimum absolute atomic E-state index is 0.00779. The maximum Gasteiger partial charge on any atom is 0.302 e. The summed E-state index contributed by atoms with van der Waals surface area (Å²) in [6.45, 7) is 22.5. The van der Waals surface area contributed by atoms with Crippen LogP contribution in [0, 0.1) is 50.2 Å². The zero-order valence-electron chi connectivity index (χ0n) is 30.2. The number of rotatable bonds is 10. The van der Waals surface area contributed by atoms with E-state index in [2.05, 4.69) is 65.2 Å². The molecule has 0 bridgehead atoms. The van der Waals surface area contributed by atoms with Crippen molar-refractivity contribution in [1.82, 2.24) is 10.6 Å². The number of unbranched alkanes of at least 4 members (excludes halogenated alkanes) is 1. The van der Waals surface area contributed by atoms with Crippen LogP contribution in [0.3, 0.4) is 0 Å². The molecule has 4 saturated carbocycles. The third kappa shape index (κ3) is 5.85. The van der Waals surface area contributed by atoms with Crippen molar-refractivity contribution in [1.29, 1.82) is 0 Å². The van der Waals surface area contributed by atoms with E-state index < -0.39 is 0 Å². The van der Waals surface area contributed by atoms with Crippen LogP contribution in [0.1, 0.15) is 139 Å². The van der Waals surface area contributed by atoms with Crippen LogP contribution in [-0.2, 0) is 14.3 Å². The molecule has 45 heavy (non-hydrogen) atoms. The van der Waals surface area contributed by atoms with Crippen LogP contribution < -0.4 is 16.4 Å². The molecule has 0 aromatic carbocycles. The second-order valence-electron chi connectivity index (χ2n) is 18.2. The Balaban J connectivity index is 1.38. The van der Waals surface area contributed by atoms with Gasteiger partial charge in [-0.15, -0.1) is 0 Å². The lowest BCUT2D eigenvalue weighted by atomic mass is 9.33. The predicted octanol–water partition coefficient (Wildman–Crippen LogP) is 7.55. The van der Waals surface area contributed by atoms with Gasteiger partial charge in [0, 0.05) is 18.9 Å². The summed E-state index contributed by atoms with van der Waals surface area (Å²) in [4.78, 5) is 26.3. The van der Waals surface area contributed by atoms with E-state index in [4.69, 9.17) is 10.5 Å². The summed E-state index contributed by atoms with van der Waals surface area (Å²) in [5.74, 6) is 1.66. The number of carbonyl (C=O) groups is 2. The van der Waals surface area contributed by atoms with Gasteiger partial charge in [-0.3, -0.25) is 9.59 Å². The average molecular weight is 626 g/mol. The third-order valence-electron chi connectivity index (χ3n) is 15.0. The van der Waals surface area contributed by atoms with Gasteiger partial charge in [0.15, 0.2) is 0 Å². The van der Waals surface area contributed by atoms with Crippen molar-refractivity contribution >= 4 is 11.9 Å². The number of fused-ring (bicyclic) bond motifs is 7. The summed E-state index contributed by atoms with van der Waals surface area (Å²) in [6.07, 6.45) is 16.8. The molecule has 1 amide bonds. The number of nitrogens with one attached hydrogen (secondary N) is 2. The molecular formula is C39H67N3O3. The minimum Gasteiger partial charge on any atom is -0.462 e. The first-order valence-electron chi connectivity index (χ1n) is 18.6. The van der Waals surface area contributed by atoms with Crippen molar-refractivity contribution in [3.63, 3.8) is 0 Å². The van der Waals surface area contributed by atoms with Gasteiger partial charge in [0.2, 0.25) is 5.91 Å². The van der Waals surface area contributed by atoms with E-state index in [-0.39, 0.29) is 44.6 Å². The van der Waals surface area contributed by atoms with Gasteiger partial charge in [0.25, 0.3) is 0 Å². The SMILES string of the molecule is CC(=O)O[C@H]1CC[C@]2(C)[C@H]3CC=C4[C@@H]5CC(C)(C)CC[C@]5(C(=O)NCCCCNCCCN)CC[C@@]4(C)[C@]3(C)CC[C@H]2C1(C)C. The topological polar surface area (TPSA) is 93.5 Å². The zero-order chi connectivity index (χ0) is 32.9. The van der Waals surface area contributed by atoms with Crippen LogP contribution in [0.25, 0.3) is 0 Å². The zero-order valence-corrected chi connectivity index (χ0v) is 30.2. The molecule has 0 aliphatic heterocycles. The van der Waals surface area contributed by atoms with E-state index in [1.165, 1.54) is 12.8 Å². The molecule has 4 fully saturated rings. The van der Waals surface area contributed by atoms with Gasteiger partial charge in [0.1, 0.15) is 6.10 Å². The van der Waals surface area contributed by atoms with E-state index >= 15 is 0 Å². The molecule has 4 N–H and O–H groups in total. The van der Waals surface area contributed by atoms with Gasteiger partial charge in [0.05, 0.1) is 5.41 Å². The molecule has 256 valence electrons. The van der Waals surface area contributed by atoms with Crippen LogP contribution >= 0.6 is 0 Å². The maximum absolute atomic E-state index is 14.3. The molecule has 0 unspecified atom stereocenters. The second-order valence-corrected chi connectivity index (χ2v) is 18.2. The first kappa shape index (κ1) is 34.9. The lowest BCUT2D eigenvalue weighted by molar-refractivity contribution is -0.212. The normalized spacial score (nSPS) is 41.4. The van der Waals surface area contributed by atoms with Gasteiger partial charge in [-0.2, -0.15) is 0 Å². The molecule has 0 heterocycles. The monoisotopic (exact) mass is 626 g/mol. The molecule has 0 aromatic rings. The average Bonchev–Trinajstić information content (AvgIpc) is 2.96. The summed E-state index contributed by atoms with van der Waals surface area (Å²) in [5, 5.41) is 6.93. The Labute approximate surface area is 275 Å². The maximum atomic E-state index is 14.3. The molecule has 0 spiro atoms. The number of hydrogen-bond acceptors (Lipinski definition) is 5. The number of ether oxygens (including phenoxy) is 1. The van der Waals surface area contributed by atoms with Gasteiger partial charge < -0.3 is 21.1 Å². The predicted molar refractivity (Wildman–Crippen MR) is 183 cm³/mol. The Morgan fingerprint density at radius 3 is 2.27 bits per heavy atom. The van der Waals surface area contributed by atoms with Crippen LogP contribution in [0.5, 0.6) is 0 Å². The molecule has 0 radical (unpaired) electrons. The van der Waals surface area contributed by atoms with Gasteiger partial charge in [-0.1, -0.05) is 60.1 Å². The molecule has 6 heteroatoms. The molecule has 6 nitrogen and oxygen atoms in total. The van der Waals surface area contributed by atoms with Gasteiger partial charge >= 0.3 is 5.97 Å². The number of hydrogen-bond donors (Lipinski definition) is 3. The highest BCUT2D eigenvalue weighted by Crippen LogP contribution is 2.75. The van der Waals surface area contributed by atoms with Crippen LogP contribution in [0.15, 0.2) is 11.6 Å². The van der Waals surface area contributed by atoms with Crippen molar-refractivity contribution in [3.05, 3.63) is 11.6 Å². The summed E-state index contributed by atoms with van der Waals surface area (Å²) < 4.78 is 5.94. The highest BCUT2D eigenvalue weighted by Gasteiger charge is 2.69. The van der Waals surface area contributed by atoms with E-state index in [0.29, 0.717) is 23.7 Å². The van der Waals surface area contributed by atoms with Crippen LogP contribution in [-0.4, -0.2) is 44.2 Å². The highest BCUT2D eigenvalue weighted by atomic mass is 16.5. The van der Waals surface area contributed by atoms with Gasteiger partial charge in [-0.25, -0.2) is 0 Å². The molecular weight excluding hydrogens is 558 g/mol. The molecule has 0 aromatic heterocycles. The van der Waals surface area contributed by atoms with E-state index in [1.807, 2.05) is 0 Å². The summed E-state index contributed by atoms with van der Waals surface area (Å²) >= 11 is 0. The fraction of sp³-hybridized carbons (Fsp3) is 0.897. The Kier molecular flexibility index (Phi) is 9.75. The molecule has 5 aliphatic carbocycles. The summed E-state index contributed by atoms with van der Waals surface area (Å²) in [7, 11) is 0.